The van der Waals surface area contributed by atoms with Crippen molar-refractivity contribution < 1.29 is 78.7 Å². The molecule has 2 fully saturated rings. The third-order valence-electron chi connectivity index (χ3n) is 5.28. The standard InChI is InChI=1S/C17H27N3O2.3C2HF3O2/c1-15(2)20-8-9-21-14-17(13-20)12-19(7-10-22-17)11-16-5-3-4-6-18-16;3*3-2(4,5)1(6)7/h3-6,15H,7-14H2,1-2H3;3*(H,6,7). The van der Waals surface area contributed by atoms with Gasteiger partial charge in [0.25, 0.3) is 0 Å². The number of carbonyl (C=O) groups is 3. The number of morpholine rings is 1. The van der Waals surface area contributed by atoms with Gasteiger partial charge in [0.1, 0.15) is 5.60 Å². The van der Waals surface area contributed by atoms with Crippen LogP contribution in [0.5, 0.6) is 0 Å². The minimum Gasteiger partial charge on any atom is -0.475 e. The van der Waals surface area contributed by atoms with Crippen LogP contribution < -0.4 is 0 Å². The van der Waals surface area contributed by atoms with Crippen LogP contribution in [0.4, 0.5) is 39.5 Å². The SMILES string of the molecule is CC(C)N1CCOCC2(CN(Cc3ccccn3)CCO2)C1.O=C(O)C(F)(F)F.O=C(O)C(F)(F)F.O=C(O)C(F)(F)F. The number of halogens is 9. The highest BCUT2D eigenvalue weighted by molar-refractivity contribution is 5.73. The summed E-state index contributed by atoms with van der Waals surface area (Å²) in [6, 6.07) is 6.62. The molecular weight excluding hydrogens is 617 g/mol. The average molecular weight is 647 g/mol. The number of aromatic nitrogens is 1. The minimum absolute atomic E-state index is 0.201. The van der Waals surface area contributed by atoms with Crippen LogP contribution >= 0.6 is 0 Å². The van der Waals surface area contributed by atoms with Gasteiger partial charge < -0.3 is 24.8 Å². The van der Waals surface area contributed by atoms with Crippen LogP contribution in [0.15, 0.2) is 24.4 Å². The molecule has 1 unspecified atom stereocenters. The van der Waals surface area contributed by atoms with Gasteiger partial charge >= 0.3 is 36.4 Å². The zero-order valence-corrected chi connectivity index (χ0v) is 22.7. The lowest BCUT2D eigenvalue weighted by atomic mass is 10.0. The smallest absolute Gasteiger partial charge is 0.475 e. The van der Waals surface area contributed by atoms with E-state index in [1.54, 1.807) is 0 Å². The first-order chi connectivity index (χ1) is 19.5. The molecule has 3 rings (SSSR count). The third-order valence-corrected chi connectivity index (χ3v) is 5.28. The van der Waals surface area contributed by atoms with Crippen molar-refractivity contribution in [3.05, 3.63) is 30.1 Å². The number of carboxylic acid groups (broad SMARTS) is 3. The van der Waals surface area contributed by atoms with Crippen LogP contribution in [0, 0.1) is 0 Å². The fraction of sp³-hybridized carbons (Fsp3) is 0.652. The Morgan fingerprint density at radius 3 is 1.74 bits per heavy atom. The Balaban J connectivity index is 0.000000690. The van der Waals surface area contributed by atoms with Gasteiger partial charge in [0.15, 0.2) is 0 Å². The fourth-order valence-electron chi connectivity index (χ4n) is 3.34. The van der Waals surface area contributed by atoms with Crippen molar-refractivity contribution in [1.29, 1.82) is 0 Å². The summed E-state index contributed by atoms with van der Waals surface area (Å²) in [6.07, 6.45) is -13.4. The van der Waals surface area contributed by atoms with Gasteiger partial charge in [-0.3, -0.25) is 14.8 Å². The van der Waals surface area contributed by atoms with E-state index >= 15 is 0 Å². The maximum absolute atomic E-state index is 10.6. The number of nitrogens with zero attached hydrogens (tertiary/aromatic N) is 3. The van der Waals surface area contributed by atoms with Crippen molar-refractivity contribution >= 4 is 17.9 Å². The fourth-order valence-corrected chi connectivity index (χ4v) is 3.34. The van der Waals surface area contributed by atoms with Crippen LogP contribution in [0.1, 0.15) is 19.5 Å². The second-order valence-corrected chi connectivity index (χ2v) is 9.09. The molecule has 43 heavy (non-hydrogen) atoms. The summed E-state index contributed by atoms with van der Waals surface area (Å²) in [5, 5.41) is 21.4. The van der Waals surface area contributed by atoms with Crippen molar-refractivity contribution in [3.63, 3.8) is 0 Å². The van der Waals surface area contributed by atoms with Crippen molar-refractivity contribution in [2.24, 2.45) is 0 Å². The Hall–Kier alpha value is -3.23. The predicted molar refractivity (Wildman–Crippen MR) is 127 cm³/mol. The van der Waals surface area contributed by atoms with E-state index in [1.807, 2.05) is 18.3 Å². The molecule has 248 valence electrons. The van der Waals surface area contributed by atoms with Crippen LogP contribution in [0.3, 0.4) is 0 Å². The maximum atomic E-state index is 10.6. The largest absolute Gasteiger partial charge is 0.490 e. The highest BCUT2D eigenvalue weighted by Gasteiger charge is 2.41. The molecule has 2 aliphatic heterocycles. The molecule has 3 N–H and O–H groups in total. The number of hydrogen-bond donors (Lipinski definition) is 3. The molecule has 0 saturated carbocycles. The number of rotatable bonds is 3. The third kappa shape index (κ3) is 16.9. The molecule has 20 heteroatoms. The second-order valence-electron chi connectivity index (χ2n) is 9.09. The van der Waals surface area contributed by atoms with Gasteiger partial charge in [-0.25, -0.2) is 14.4 Å². The van der Waals surface area contributed by atoms with Crippen molar-refractivity contribution in [2.75, 3.05) is 46.0 Å². The Morgan fingerprint density at radius 2 is 1.35 bits per heavy atom. The lowest BCUT2D eigenvalue weighted by Gasteiger charge is -2.44. The quantitative estimate of drug-likeness (QED) is 0.415. The summed E-state index contributed by atoms with van der Waals surface area (Å²) in [4.78, 5) is 36.0. The lowest BCUT2D eigenvalue weighted by Crippen LogP contribution is -2.59. The number of pyridine rings is 1. The first-order valence-electron chi connectivity index (χ1n) is 12.0. The first-order valence-corrected chi connectivity index (χ1v) is 12.0. The molecule has 1 spiro atoms. The van der Waals surface area contributed by atoms with Crippen LogP contribution in [-0.4, -0.2) is 124 Å². The van der Waals surface area contributed by atoms with E-state index in [9.17, 15) is 39.5 Å². The van der Waals surface area contributed by atoms with E-state index in [2.05, 4.69) is 34.7 Å². The van der Waals surface area contributed by atoms with Crippen LogP contribution in [0.2, 0.25) is 0 Å². The Bertz CT molecular complexity index is 951. The molecule has 1 aromatic heterocycles. The molecule has 0 aliphatic carbocycles. The van der Waals surface area contributed by atoms with Gasteiger partial charge in [-0.2, -0.15) is 39.5 Å². The second kappa shape index (κ2) is 17.2. The van der Waals surface area contributed by atoms with Gasteiger partial charge in [-0.05, 0) is 26.0 Å². The van der Waals surface area contributed by atoms with E-state index in [1.165, 1.54) is 0 Å². The molecule has 1 atom stereocenters. The number of carboxylic acids is 3. The zero-order chi connectivity index (χ0) is 33.6. The van der Waals surface area contributed by atoms with E-state index in [0.717, 1.165) is 51.6 Å². The molecule has 2 aliphatic rings. The molecule has 0 bridgehead atoms. The maximum Gasteiger partial charge on any atom is 0.490 e. The van der Waals surface area contributed by atoms with E-state index in [0.29, 0.717) is 12.6 Å². The monoisotopic (exact) mass is 647 g/mol. The molecule has 0 amide bonds. The number of alkyl halides is 9. The molecule has 1 aromatic rings. The van der Waals surface area contributed by atoms with Crippen molar-refractivity contribution in [2.45, 2.75) is 50.6 Å². The number of ether oxygens (including phenoxy) is 2. The van der Waals surface area contributed by atoms with E-state index in [4.69, 9.17) is 39.2 Å². The summed E-state index contributed by atoms with van der Waals surface area (Å²) in [6.45, 7) is 11.4. The normalized spacial score (nSPS) is 19.9. The predicted octanol–water partition coefficient (Wildman–Crippen LogP) is 3.29. The Labute approximate surface area is 238 Å². The van der Waals surface area contributed by atoms with Crippen LogP contribution in [0.25, 0.3) is 0 Å². The molecule has 11 nitrogen and oxygen atoms in total. The van der Waals surface area contributed by atoms with E-state index in [-0.39, 0.29) is 5.60 Å². The summed E-state index contributed by atoms with van der Waals surface area (Å²) in [5.41, 5.74) is 0.920. The van der Waals surface area contributed by atoms with Gasteiger partial charge in [0.2, 0.25) is 0 Å². The summed E-state index contributed by atoms with van der Waals surface area (Å²) >= 11 is 0. The van der Waals surface area contributed by atoms with Gasteiger partial charge in [0.05, 0.1) is 25.5 Å². The summed E-state index contributed by atoms with van der Waals surface area (Å²) < 4.78 is 107. The van der Waals surface area contributed by atoms with Crippen molar-refractivity contribution in [1.82, 2.24) is 14.8 Å². The molecular formula is C23H30F9N3O8. The number of aliphatic carboxylic acids is 3. The topological polar surface area (TPSA) is 150 Å². The average Bonchev–Trinajstić information content (AvgIpc) is 3.06. The van der Waals surface area contributed by atoms with Gasteiger partial charge in [-0.15, -0.1) is 0 Å². The molecule has 2 saturated heterocycles. The van der Waals surface area contributed by atoms with Gasteiger partial charge in [-0.1, -0.05) is 6.07 Å². The summed E-state index contributed by atoms with van der Waals surface area (Å²) in [5.74, 6) is -8.27. The van der Waals surface area contributed by atoms with Gasteiger partial charge in [0, 0.05) is 45.0 Å². The van der Waals surface area contributed by atoms with E-state index < -0.39 is 36.4 Å². The first kappa shape index (κ1) is 39.8. The Kier molecular flexibility index (Phi) is 15.9. The molecule has 3 heterocycles. The molecule has 0 aromatic carbocycles. The highest BCUT2D eigenvalue weighted by atomic mass is 19.4. The van der Waals surface area contributed by atoms with Crippen molar-refractivity contribution in [3.8, 4) is 0 Å². The molecule has 0 radical (unpaired) electrons. The minimum atomic E-state index is -5.08. The van der Waals surface area contributed by atoms with Crippen LogP contribution in [-0.2, 0) is 30.4 Å². The lowest BCUT2D eigenvalue weighted by molar-refractivity contribution is -0.193. The Morgan fingerprint density at radius 1 is 0.860 bits per heavy atom. The number of hydrogen-bond acceptors (Lipinski definition) is 8. The zero-order valence-electron chi connectivity index (χ0n) is 22.7. The highest BCUT2D eigenvalue weighted by Crippen LogP contribution is 2.24. The summed E-state index contributed by atoms with van der Waals surface area (Å²) in [7, 11) is 0.